The van der Waals surface area contributed by atoms with Crippen molar-refractivity contribution in [3.63, 3.8) is 0 Å². The molecule has 0 saturated heterocycles. The number of ether oxygens (including phenoxy) is 3. The standard InChI is InChI=1S/C22H25NO6/c1-3-28-19-12-15(8-9-18(19)29-13-20(24)25)21(26)23-14-22(10-11-22)16-6-4-5-7-17(16)27-2/h4-9,12H,3,10-11,13-14H2,1-2H3,(H,23,26)(H,24,25). The Morgan fingerprint density at radius 3 is 2.48 bits per heavy atom. The summed E-state index contributed by atoms with van der Waals surface area (Å²) in [7, 11) is 1.65. The van der Waals surface area contributed by atoms with Gasteiger partial charge >= 0.3 is 5.97 Å². The number of nitrogens with one attached hydrogen (secondary N) is 1. The molecule has 0 aromatic heterocycles. The van der Waals surface area contributed by atoms with Crippen LogP contribution >= 0.6 is 0 Å². The second-order valence-electron chi connectivity index (χ2n) is 6.94. The molecule has 0 heterocycles. The van der Waals surface area contributed by atoms with E-state index in [9.17, 15) is 9.59 Å². The molecule has 154 valence electrons. The first-order valence-electron chi connectivity index (χ1n) is 9.52. The van der Waals surface area contributed by atoms with Crippen molar-refractivity contribution in [3.05, 3.63) is 53.6 Å². The molecule has 1 aliphatic carbocycles. The molecule has 2 aromatic carbocycles. The molecule has 0 atom stereocenters. The van der Waals surface area contributed by atoms with Crippen LogP contribution < -0.4 is 19.5 Å². The number of carboxylic acid groups (broad SMARTS) is 1. The minimum atomic E-state index is -1.08. The van der Waals surface area contributed by atoms with E-state index in [1.54, 1.807) is 32.2 Å². The van der Waals surface area contributed by atoms with Gasteiger partial charge in [0, 0.05) is 23.1 Å². The largest absolute Gasteiger partial charge is 0.496 e. The van der Waals surface area contributed by atoms with Crippen LogP contribution in [0.4, 0.5) is 0 Å². The first-order chi connectivity index (χ1) is 14.0. The van der Waals surface area contributed by atoms with E-state index in [2.05, 4.69) is 5.32 Å². The third-order valence-electron chi connectivity index (χ3n) is 4.98. The van der Waals surface area contributed by atoms with Crippen molar-refractivity contribution < 1.29 is 28.9 Å². The van der Waals surface area contributed by atoms with Crippen molar-refractivity contribution in [3.8, 4) is 17.2 Å². The van der Waals surface area contributed by atoms with Gasteiger partial charge in [0.15, 0.2) is 18.1 Å². The van der Waals surface area contributed by atoms with Crippen LogP contribution in [0.15, 0.2) is 42.5 Å². The molecule has 7 nitrogen and oxygen atoms in total. The maximum atomic E-state index is 12.7. The minimum absolute atomic E-state index is 0.102. The lowest BCUT2D eigenvalue weighted by Crippen LogP contribution is -2.32. The molecule has 7 heteroatoms. The van der Waals surface area contributed by atoms with E-state index in [0.29, 0.717) is 30.2 Å². The van der Waals surface area contributed by atoms with Crippen molar-refractivity contribution >= 4 is 11.9 Å². The highest BCUT2D eigenvalue weighted by Gasteiger charge is 2.46. The Kier molecular flexibility index (Phi) is 6.26. The van der Waals surface area contributed by atoms with Crippen LogP contribution in [0.5, 0.6) is 17.2 Å². The molecular formula is C22H25NO6. The van der Waals surface area contributed by atoms with Crippen molar-refractivity contribution in [2.24, 2.45) is 0 Å². The van der Waals surface area contributed by atoms with E-state index in [0.717, 1.165) is 24.2 Å². The third kappa shape index (κ3) is 4.80. The van der Waals surface area contributed by atoms with Crippen molar-refractivity contribution in [1.29, 1.82) is 0 Å². The fraction of sp³-hybridized carbons (Fsp3) is 0.364. The average molecular weight is 399 g/mol. The Bertz CT molecular complexity index is 891. The predicted molar refractivity (Wildman–Crippen MR) is 107 cm³/mol. The molecule has 2 N–H and O–H groups in total. The summed E-state index contributed by atoms with van der Waals surface area (Å²) in [5.41, 5.74) is 1.43. The topological polar surface area (TPSA) is 94.1 Å². The van der Waals surface area contributed by atoms with Gasteiger partial charge in [-0.05, 0) is 44.0 Å². The number of benzene rings is 2. The Labute approximate surface area is 169 Å². The molecular weight excluding hydrogens is 374 g/mol. The zero-order chi connectivity index (χ0) is 20.9. The van der Waals surface area contributed by atoms with Gasteiger partial charge in [-0.25, -0.2) is 4.79 Å². The van der Waals surface area contributed by atoms with Gasteiger partial charge in [0.1, 0.15) is 5.75 Å². The molecule has 1 fully saturated rings. The highest BCUT2D eigenvalue weighted by atomic mass is 16.5. The second-order valence-corrected chi connectivity index (χ2v) is 6.94. The van der Waals surface area contributed by atoms with Crippen molar-refractivity contribution in [2.45, 2.75) is 25.2 Å². The summed E-state index contributed by atoms with van der Waals surface area (Å²) in [6.45, 7) is 2.20. The molecule has 3 rings (SSSR count). The number of methoxy groups -OCH3 is 1. The summed E-state index contributed by atoms with van der Waals surface area (Å²) in [5, 5.41) is 11.8. The van der Waals surface area contributed by atoms with Gasteiger partial charge < -0.3 is 24.6 Å². The van der Waals surface area contributed by atoms with E-state index in [1.807, 2.05) is 24.3 Å². The lowest BCUT2D eigenvalue weighted by molar-refractivity contribution is -0.139. The Balaban J connectivity index is 1.70. The fourth-order valence-corrected chi connectivity index (χ4v) is 3.30. The van der Waals surface area contributed by atoms with Gasteiger partial charge in [0.25, 0.3) is 5.91 Å². The van der Waals surface area contributed by atoms with E-state index in [-0.39, 0.29) is 11.3 Å². The number of hydrogen-bond donors (Lipinski definition) is 2. The third-order valence-corrected chi connectivity index (χ3v) is 4.98. The molecule has 0 spiro atoms. The van der Waals surface area contributed by atoms with Gasteiger partial charge in [-0.1, -0.05) is 18.2 Å². The molecule has 0 aliphatic heterocycles. The highest BCUT2D eigenvalue weighted by molar-refractivity contribution is 5.95. The molecule has 2 aromatic rings. The first-order valence-corrected chi connectivity index (χ1v) is 9.52. The van der Waals surface area contributed by atoms with Gasteiger partial charge in [-0.15, -0.1) is 0 Å². The van der Waals surface area contributed by atoms with E-state index < -0.39 is 12.6 Å². The molecule has 1 amide bonds. The zero-order valence-corrected chi connectivity index (χ0v) is 16.6. The smallest absolute Gasteiger partial charge is 0.341 e. The fourth-order valence-electron chi connectivity index (χ4n) is 3.30. The van der Waals surface area contributed by atoms with Crippen LogP contribution in [-0.2, 0) is 10.2 Å². The number of amides is 1. The molecule has 0 radical (unpaired) electrons. The summed E-state index contributed by atoms with van der Waals surface area (Å²) in [4.78, 5) is 23.4. The summed E-state index contributed by atoms with van der Waals surface area (Å²) in [6, 6.07) is 12.6. The molecule has 1 saturated carbocycles. The monoisotopic (exact) mass is 399 g/mol. The number of carbonyl (C=O) groups excluding carboxylic acids is 1. The molecule has 1 aliphatic rings. The SMILES string of the molecule is CCOc1cc(C(=O)NCC2(c3ccccc3OC)CC2)ccc1OCC(=O)O. The Morgan fingerprint density at radius 1 is 1.07 bits per heavy atom. The zero-order valence-electron chi connectivity index (χ0n) is 16.6. The summed E-state index contributed by atoms with van der Waals surface area (Å²) < 4.78 is 16.2. The quantitative estimate of drug-likeness (QED) is 0.638. The van der Waals surface area contributed by atoms with Gasteiger partial charge in [-0.3, -0.25) is 4.79 Å². The van der Waals surface area contributed by atoms with Gasteiger partial charge in [-0.2, -0.15) is 0 Å². The van der Waals surface area contributed by atoms with Crippen LogP contribution in [-0.4, -0.2) is 43.9 Å². The number of aliphatic carboxylic acids is 1. The lowest BCUT2D eigenvalue weighted by atomic mass is 9.94. The predicted octanol–water partition coefficient (Wildman–Crippen LogP) is 3.02. The molecule has 0 bridgehead atoms. The summed E-state index contributed by atoms with van der Waals surface area (Å²) in [5.74, 6) is 0.154. The summed E-state index contributed by atoms with van der Waals surface area (Å²) >= 11 is 0. The Hall–Kier alpha value is -3.22. The van der Waals surface area contributed by atoms with Crippen molar-refractivity contribution in [2.75, 3.05) is 26.9 Å². The minimum Gasteiger partial charge on any atom is -0.496 e. The number of carbonyl (C=O) groups is 2. The maximum Gasteiger partial charge on any atom is 0.341 e. The number of hydrogen-bond acceptors (Lipinski definition) is 5. The van der Waals surface area contributed by atoms with Crippen molar-refractivity contribution in [1.82, 2.24) is 5.32 Å². The van der Waals surface area contributed by atoms with Crippen LogP contribution in [0.25, 0.3) is 0 Å². The average Bonchev–Trinajstić information content (AvgIpc) is 3.52. The van der Waals surface area contributed by atoms with Crippen LogP contribution in [0.2, 0.25) is 0 Å². The summed E-state index contributed by atoms with van der Waals surface area (Å²) in [6.07, 6.45) is 1.97. The molecule has 29 heavy (non-hydrogen) atoms. The normalized spacial score (nSPS) is 14.0. The van der Waals surface area contributed by atoms with Crippen LogP contribution in [0, 0.1) is 0 Å². The number of rotatable bonds is 10. The van der Waals surface area contributed by atoms with E-state index >= 15 is 0 Å². The van der Waals surface area contributed by atoms with Gasteiger partial charge in [0.05, 0.1) is 13.7 Å². The second kappa shape index (κ2) is 8.86. The van der Waals surface area contributed by atoms with Gasteiger partial charge in [0.2, 0.25) is 0 Å². The van der Waals surface area contributed by atoms with E-state index in [1.165, 1.54) is 0 Å². The first kappa shape index (κ1) is 20.5. The van der Waals surface area contributed by atoms with Crippen LogP contribution in [0.1, 0.15) is 35.7 Å². The maximum absolute atomic E-state index is 12.7. The Morgan fingerprint density at radius 2 is 1.83 bits per heavy atom. The van der Waals surface area contributed by atoms with Crippen LogP contribution in [0.3, 0.4) is 0 Å². The highest BCUT2D eigenvalue weighted by Crippen LogP contribution is 2.50. The number of para-hydroxylation sites is 1. The lowest BCUT2D eigenvalue weighted by Gasteiger charge is -2.19. The van der Waals surface area contributed by atoms with E-state index in [4.69, 9.17) is 19.3 Å². The molecule has 0 unspecified atom stereocenters. The number of carboxylic acids is 1.